The molecule has 0 bridgehead atoms. The second-order valence-corrected chi connectivity index (χ2v) is 5.08. The standard InChI is InChI=1S/C13H16ClN3O2/c1-8-15-10-6-9(17-12(10)13(14)16-8)7-19-11-4-2-3-5-18-11/h6,11,17H,2-5,7H2,1H3. The van der Waals surface area contributed by atoms with Crippen molar-refractivity contribution in [3.63, 3.8) is 0 Å². The smallest absolute Gasteiger partial charge is 0.158 e. The number of hydrogen-bond donors (Lipinski definition) is 1. The van der Waals surface area contributed by atoms with Gasteiger partial charge in [-0.2, -0.15) is 0 Å². The Morgan fingerprint density at radius 1 is 1.47 bits per heavy atom. The van der Waals surface area contributed by atoms with E-state index < -0.39 is 0 Å². The van der Waals surface area contributed by atoms with E-state index in [1.807, 2.05) is 13.0 Å². The molecular formula is C13H16ClN3O2. The highest BCUT2D eigenvalue weighted by atomic mass is 35.5. The van der Waals surface area contributed by atoms with Crippen LogP contribution in [0.1, 0.15) is 30.8 Å². The summed E-state index contributed by atoms with van der Waals surface area (Å²) in [6.45, 7) is 3.08. The molecule has 0 spiro atoms. The zero-order valence-corrected chi connectivity index (χ0v) is 11.5. The van der Waals surface area contributed by atoms with Crippen LogP contribution in [0.3, 0.4) is 0 Å². The summed E-state index contributed by atoms with van der Waals surface area (Å²) < 4.78 is 11.3. The molecule has 1 N–H and O–H groups in total. The summed E-state index contributed by atoms with van der Waals surface area (Å²) in [5.41, 5.74) is 2.52. The van der Waals surface area contributed by atoms with E-state index >= 15 is 0 Å². The maximum absolute atomic E-state index is 6.08. The molecule has 0 saturated carbocycles. The van der Waals surface area contributed by atoms with Gasteiger partial charge in [-0.3, -0.25) is 0 Å². The van der Waals surface area contributed by atoms with Crippen LogP contribution >= 0.6 is 11.6 Å². The summed E-state index contributed by atoms with van der Waals surface area (Å²) in [4.78, 5) is 11.7. The molecule has 5 nitrogen and oxygen atoms in total. The Balaban J connectivity index is 1.72. The Bertz CT molecular complexity index is 579. The van der Waals surface area contributed by atoms with Crippen LogP contribution in [-0.2, 0) is 16.1 Å². The molecule has 19 heavy (non-hydrogen) atoms. The van der Waals surface area contributed by atoms with Crippen molar-refractivity contribution in [2.45, 2.75) is 39.1 Å². The molecule has 1 saturated heterocycles. The highest BCUT2D eigenvalue weighted by Crippen LogP contribution is 2.22. The van der Waals surface area contributed by atoms with Crippen LogP contribution in [-0.4, -0.2) is 27.8 Å². The van der Waals surface area contributed by atoms with Gasteiger partial charge in [-0.15, -0.1) is 0 Å². The van der Waals surface area contributed by atoms with Gasteiger partial charge >= 0.3 is 0 Å². The van der Waals surface area contributed by atoms with E-state index in [1.54, 1.807) is 0 Å². The Morgan fingerprint density at radius 3 is 3.16 bits per heavy atom. The summed E-state index contributed by atoms with van der Waals surface area (Å²) in [5.74, 6) is 0.666. The lowest BCUT2D eigenvalue weighted by Crippen LogP contribution is -2.22. The van der Waals surface area contributed by atoms with Crippen molar-refractivity contribution in [3.05, 3.63) is 22.7 Å². The van der Waals surface area contributed by atoms with Gasteiger partial charge in [-0.25, -0.2) is 9.97 Å². The number of nitrogens with zero attached hydrogens (tertiary/aromatic N) is 2. The predicted octanol–water partition coefficient (Wildman–Crippen LogP) is 2.96. The summed E-state index contributed by atoms with van der Waals surface area (Å²) in [7, 11) is 0. The molecule has 2 aromatic rings. The van der Waals surface area contributed by atoms with E-state index in [2.05, 4.69) is 15.0 Å². The zero-order valence-electron chi connectivity index (χ0n) is 10.8. The van der Waals surface area contributed by atoms with Crippen molar-refractivity contribution in [1.82, 2.24) is 15.0 Å². The Hall–Kier alpha value is -1.17. The lowest BCUT2D eigenvalue weighted by Gasteiger charge is -2.22. The van der Waals surface area contributed by atoms with Gasteiger partial charge in [0, 0.05) is 12.3 Å². The Morgan fingerprint density at radius 2 is 2.37 bits per heavy atom. The van der Waals surface area contributed by atoms with Crippen LogP contribution in [0.5, 0.6) is 0 Å². The molecule has 6 heteroatoms. The van der Waals surface area contributed by atoms with Crippen LogP contribution < -0.4 is 0 Å². The van der Waals surface area contributed by atoms with E-state index in [0.717, 1.165) is 42.6 Å². The zero-order chi connectivity index (χ0) is 13.2. The van der Waals surface area contributed by atoms with Crippen LogP contribution in [0.25, 0.3) is 11.0 Å². The normalized spacial score (nSPS) is 20.0. The number of aromatic amines is 1. The lowest BCUT2D eigenvalue weighted by atomic mass is 10.2. The molecule has 102 valence electrons. The first kappa shape index (κ1) is 12.8. The number of hydrogen-bond acceptors (Lipinski definition) is 4. The van der Waals surface area contributed by atoms with Crippen LogP contribution in [0, 0.1) is 6.92 Å². The molecule has 3 heterocycles. The highest BCUT2D eigenvalue weighted by Gasteiger charge is 2.15. The molecule has 1 aliphatic heterocycles. The number of aromatic nitrogens is 3. The molecule has 1 atom stereocenters. The molecule has 1 aliphatic rings. The highest BCUT2D eigenvalue weighted by molar-refractivity contribution is 6.33. The SMILES string of the molecule is Cc1nc(Cl)c2[nH]c(COC3CCCCO3)cc2n1. The Kier molecular flexibility index (Phi) is 3.68. The van der Waals surface area contributed by atoms with Crippen LogP contribution in [0.15, 0.2) is 6.07 Å². The molecule has 2 aromatic heterocycles. The van der Waals surface area contributed by atoms with Crippen molar-refractivity contribution in [2.75, 3.05) is 6.61 Å². The van der Waals surface area contributed by atoms with Gasteiger partial charge in [0.2, 0.25) is 0 Å². The maximum atomic E-state index is 6.08. The van der Waals surface area contributed by atoms with Gasteiger partial charge in [-0.05, 0) is 32.3 Å². The third-order valence-corrected chi connectivity index (χ3v) is 3.44. The fourth-order valence-corrected chi connectivity index (χ4v) is 2.51. The third kappa shape index (κ3) is 2.88. The van der Waals surface area contributed by atoms with Crippen LogP contribution in [0.4, 0.5) is 0 Å². The first-order valence-corrected chi connectivity index (χ1v) is 6.85. The van der Waals surface area contributed by atoms with Crippen molar-refractivity contribution in [3.8, 4) is 0 Å². The molecule has 3 rings (SSSR count). The lowest BCUT2D eigenvalue weighted by molar-refractivity contribution is -0.169. The first-order chi connectivity index (χ1) is 9.22. The monoisotopic (exact) mass is 281 g/mol. The minimum Gasteiger partial charge on any atom is -0.353 e. The fourth-order valence-electron chi connectivity index (χ4n) is 2.24. The predicted molar refractivity (Wildman–Crippen MR) is 72.0 cm³/mol. The quantitative estimate of drug-likeness (QED) is 0.879. The molecule has 0 radical (unpaired) electrons. The van der Waals surface area contributed by atoms with Gasteiger partial charge in [0.1, 0.15) is 11.3 Å². The van der Waals surface area contributed by atoms with Crippen molar-refractivity contribution >= 4 is 22.6 Å². The number of nitrogens with one attached hydrogen (secondary N) is 1. The topological polar surface area (TPSA) is 60.0 Å². The summed E-state index contributed by atoms with van der Waals surface area (Å²) in [5, 5.41) is 0.447. The van der Waals surface area contributed by atoms with E-state index in [-0.39, 0.29) is 6.29 Å². The van der Waals surface area contributed by atoms with E-state index in [4.69, 9.17) is 21.1 Å². The van der Waals surface area contributed by atoms with E-state index in [1.165, 1.54) is 0 Å². The van der Waals surface area contributed by atoms with E-state index in [0.29, 0.717) is 17.6 Å². The number of H-pyrrole nitrogens is 1. The van der Waals surface area contributed by atoms with Gasteiger partial charge in [0.05, 0.1) is 12.1 Å². The molecule has 1 fully saturated rings. The maximum Gasteiger partial charge on any atom is 0.158 e. The van der Waals surface area contributed by atoms with Crippen LogP contribution in [0.2, 0.25) is 5.15 Å². The van der Waals surface area contributed by atoms with Crippen molar-refractivity contribution in [2.24, 2.45) is 0 Å². The number of ether oxygens (including phenoxy) is 2. The second-order valence-electron chi connectivity index (χ2n) is 4.72. The summed E-state index contributed by atoms with van der Waals surface area (Å²) in [6.07, 6.45) is 3.15. The van der Waals surface area contributed by atoms with Gasteiger partial charge < -0.3 is 14.5 Å². The molecule has 1 unspecified atom stereocenters. The van der Waals surface area contributed by atoms with Gasteiger partial charge in [0.25, 0.3) is 0 Å². The van der Waals surface area contributed by atoms with E-state index in [9.17, 15) is 0 Å². The minimum atomic E-state index is -0.0940. The number of fused-ring (bicyclic) bond motifs is 1. The fraction of sp³-hybridized carbons (Fsp3) is 0.538. The average molecular weight is 282 g/mol. The molecule has 0 aliphatic carbocycles. The molecule has 0 amide bonds. The Labute approximate surface area is 116 Å². The van der Waals surface area contributed by atoms with Gasteiger partial charge in [0.15, 0.2) is 11.4 Å². The summed E-state index contributed by atoms with van der Waals surface area (Å²) >= 11 is 6.08. The number of aryl methyl sites for hydroxylation is 1. The number of halogens is 1. The first-order valence-electron chi connectivity index (χ1n) is 6.47. The average Bonchev–Trinajstić information content (AvgIpc) is 2.81. The molecule has 0 aromatic carbocycles. The largest absolute Gasteiger partial charge is 0.353 e. The minimum absolute atomic E-state index is 0.0940. The summed E-state index contributed by atoms with van der Waals surface area (Å²) in [6, 6.07) is 1.94. The second kappa shape index (κ2) is 5.45. The molecular weight excluding hydrogens is 266 g/mol. The number of rotatable bonds is 3. The van der Waals surface area contributed by atoms with Crippen molar-refractivity contribution in [1.29, 1.82) is 0 Å². The van der Waals surface area contributed by atoms with Crippen molar-refractivity contribution < 1.29 is 9.47 Å². The van der Waals surface area contributed by atoms with Gasteiger partial charge in [-0.1, -0.05) is 11.6 Å². The third-order valence-electron chi connectivity index (χ3n) is 3.16.